The van der Waals surface area contributed by atoms with E-state index in [2.05, 4.69) is 20.4 Å². The van der Waals surface area contributed by atoms with Crippen molar-refractivity contribution in [2.75, 3.05) is 20.2 Å². The molecule has 0 atom stereocenters. The fourth-order valence-electron chi connectivity index (χ4n) is 4.00. The van der Waals surface area contributed by atoms with Gasteiger partial charge in [0, 0.05) is 57.0 Å². The van der Waals surface area contributed by atoms with E-state index in [1.807, 2.05) is 47.4 Å². The highest BCUT2D eigenvalue weighted by Gasteiger charge is 2.27. The number of carbonyl (C=O) groups is 1. The number of nitrogens with zero attached hydrogens (tertiary/aromatic N) is 7. The first-order valence-corrected chi connectivity index (χ1v) is 11.1. The number of rotatable bonds is 6. The van der Waals surface area contributed by atoms with Gasteiger partial charge in [-0.15, -0.1) is 10.2 Å². The molecule has 0 saturated carbocycles. The van der Waals surface area contributed by atoms with Gasteiger partial charge >= 0.3 is 0 Å². The summed E-state index contributed by atoms with van der Waals surface area (Å²) in [6, 6.07) is 14.9. The van der Waals surface area contributed by atoms with Crippen molar-refractivity contribution < 1.29 is 14.3 Å². The van der Waals surface area contributed by atoms with Crippen molar-refractivity contribution in [2.45, 2.75) is 18.9 Å². The summed E-state index contributed by atoms with van der Waals surface area (Å²) in [7, 11) is 3.42. The maximum Gasteiger partial charge on any atom is 0.272 e. The van der Waals surface area contributed by atoms with E-state index in [4.69, 9.17) is 9.47 Å². The number of ether oxygens (including phenoxy) is 2. The average Bonchev–Trinajstić information content (AvgIpc) is 3.55. The molecule has 0 spiro atoms. The molecule has 1 aliphatic heterocycles. The summed E-state index contributed by atoms with van der Waals surface area (Å²) in [5, 5.41) is 17.0. The van der Waals surface area contributed by atoms with Crippen molar-refractivity contribution in [1.29, 1.82) is 0 Å². The van der Waals surface area contributed by atoms with Crippen LogP contribution in [0.3, 0.4) is 0 Å². The van der Waals surface area contributed by atoms with Gasteiger partial charge in [0.25, 0.3) is 5.91 Å². The Hall–Kier alpha value is -4.21. The summed E-state index contributed by atoms with van der Waals surface area (Å²) in [4.78, 5) is 15.0. The van der Waals surface area contributed by atoms with E-state index < -0.39 is 0 Å². The van der Waals surface area contributed by atoms with E-state index in [0.717, 1.165) is 29.8 Å². The predicted molar refractivity (Wildman–Crippen MR) is 124 cm³/mol. The molecule has 1 fully saturated rings. The molecule has 4 aromatic rings. The average molecular weight is 460 g/mol. The van der Waals surface area contributed by atoms with Gasteiger partial charge in [-0.3, -0.25) is 9.48 Å². The minimum atomic E-state index is -0.0361. The number of methoxy groups -OCH3 is 1. The summed E-state index contributed by atoms with van der Waals surface area (Å²) in [6.45, 7) is 1.20. The number of carbonyl (C=O) groups excluding carboxylic acids is 1. The minimum absolute atomic E-state index is 0.0206. The first-order chi connectivity index (χ1) is 16.6. The molecule has 10 heteroatoms. The van der Waals surface area contributed by atoms with Crippen LogP contribution < -0.4 is 9.47 Å². The number of piperidine rings is 1. The number of aryl methyl sites for hydroxylation is 1. The molecule has 1 saturated heterocycles. The first kappa shape index (κ1) is 21.6. The zero-order valence-electron chi connectivity index (χ0n) is 19.0. The Morgan fingerprint density at radius 2 is 1.91 bits per heavy atom. The number of likely N-dealkylation sites (tertiary alicyclic amines) is 1. The maximum absolute atomic E-state index is 13.2. The lowest BCUT2D eigenvalue weighted by Crippen LogP contribution is -2.42. The molecular weight excluding hydrogens is 434 g/mol. The topological polar surface area (TPSA) is 100 Å². The number of aromatic nitrogens is 6. The number of benzene rings is 1. The van der Waals surface area contributed by atoms with Crippen LogP contribution in [0.4, 0.5) is 0 Å². The minimum Gasteiger partial charge on any atom is -0.497 e. The van der Waals surface area contributed by atoms with Gasteiger partial charge in [-0.05, 0) is 30.3 Å². The van der Waals surface area contributed by atoms with Gasteiger partial charge in [-0.25, -0.2) is 4.68 Å². The monoisotopic (exact) mass is 459 g/mol. The van der Waals surface area contributed by atoms with Crippen molar-refractivity contribution in [1.82, 2.24) is 34.7 Å². The summed E-state index contributed by atoms with van der Waals surface area (Å²) in [5.41, 5.74) is 2.19. The van der Waals surface area contributed by atoms with Crippen LogP contribution in [0, 0.1) is 0 Å². The van der Waals surface area contributed by atoms with Gasteiger partial charge in [-0.2, -0.15) is 10.2 Å². The molecular formula is C24H25N7O3. The van der Waals surface area contributed by atoms with Gasteiger partial charge in [0.2, 0.25) is 5.88 Å². The van der Waals surface area contributed by atoms with Crippen molar-refractivity contribution in [2.24, 2.45) is 7.05 Å². The quantitative estimate of drug-likeness (QED) is 0.437. The van der Waals surface area contributed by atoms with Crippen molar-refractivity contribution >= 4 is 5.91 Å². The smallest absolute Gasteiger partial charge is 0.272 e. The molecule has 1 aliphatic rings. The van der Waals surface area contributed by atoms with Gasteiger partial charge < -0.3 is 14.4 Å². The third kappa shape index (κ3) is 4.47. The van der Waals surface area contributed by atoms with E-state index >= 15 is 0 Å². The van der Waals surface area contributed by atoms with Gasteiger partial charge in [0.1, 0.15) is 17.5 Å². The molecule has 5 rings (SSSR count). The zero-order chi connectivity index (χ0) is 23.5. The number of amides is 1. The SMILES string of the molecule is COc1cccc(-c2cc(C(=O)N3CCC(Oc4ccc(-n5cccn5)nn4)CC3)n(C)n2)c1. The Balaban J connectivity index is 1.19. The van der Waals surface area contributed by atoms with Crippen LogP contribution in [0.2, 0.25) is 0 Å². The van der Waals surface area contributed by atoms with E-state index in [1.165, 1.54) is 0 Å². The van der Waals surface area contributed by atoms with Gasteiger partial charge in [0.05, 0.1) is 12.8 Å². The summed E-state index contributed by atoms with van der Waals surface area (Å²) in [6.07, 6.45) is 4.91. The molecule has 0 aliphatic carbocycles. The lowest BCUT2D eigenvalue weighted by molar-refractivity contribution is 0.0576. The lowest BCUT2D eigenvalue weighted by Gasteiger charge is -2.31. The Morgan fingerprint density at radius 1 is 1.06 bits per heavy atom. The van der Waals surface area contributed by atoms with E-state index in [1.54, 1.807) is 42.0 Å². The van der Waals surface area contributed by atoms with Gasteiger partial charge in [0.15, 0.2) is 5.82 Å². The Morgan fingerprint density at radius 3 is 2.62 bits per heavy atom. The van der Waals surface area contributed by atoms with Crippen molar-refractivity contribution in [3.63, 3.8) is 0 Å². The standard InChI is InChI=1S/C24H25N7O3/c1-29-21(16-20(28-29)17-5-3-6-19(15-17)33-2)24(32)30-13-9-18(10-14-30)34-23-8-7-22(26-27-23)31-12-4-11-25-31/h3-8,11-12,15-16,18H,9-10,13-14H2,1-2H3. The largest absolute Gasteiger partial charge is 0.497 e. The molecule has 4 heterocycles. The van der Waals surface area contributed by atoms with Crippen LogP contribution in [-0.4, -0.2) is 66.9 Å². The van der Waals surface area contributed by atoms with Crippen molar-refractivity contribution in [3.05, 3.63) is 66.6 Å². The zero-order valence-corrected chi connectivity index (χ0v) is 19.0. The van der Waals surface area contributed by atoms with Crippen LogP contribution in [0.1, 0.15) is 23.3 Å². The lowest BCUT2D eigenvalue weighted by atomic mass is 10.1. The number of hydrogen-bond acceptors (Lipinski definition) is 7. The number of hydrogen-bond donors (Lipinski definition) is 0. The Kier molecular flexibility index (Phi) is 5.94. The second-order valence-electron chi connectivity index (χ2n) is 8.06. The highest BCUT2D eigenvalue weighted by molar-refractivity contribution is 5.93. The molecule has 34 heavy (non-hydrogen) atoms. The molecule has 1 aromatic carbocycles. The second-order valence-corrected chi connectivity index (χ2v) is 8.06. The maximum atomic E-state index is 13.2. The Labute approximate surface area is 196 Å². The molecule has 174 valence electrons. The third-order valence-corrected chi connectivity index (χ3v) is 5.85. The molecule has 1 amide bonds. The molecule has 0 unspecified atom stereocenters. The summed E-state index contributed by atoms with van der Waals surface area (Å²) >= 11 is 0. The van der Waals surface area contributed by atoms with Crippen LogP contribution in [0.25, 0.3) is 17.1 Å². The summed E-state index contributed by atoms with van der Waals surface area (Å²) in [5.74, 6) is 1.81. The summed E-state index contributed by atoms with van der Waals surface area (Å²) < 4.78 is 14.6. The van der Waals surface area contributed by atoms with Gasteiger partial charge in [-0.1, -0.05) is 12.1 Å². The van der Waals surface area contributed by atoms with E-state index in [9.17, 15) is 4.79 Å². The normalized spacial score (nSPS) is 14.2. The van der Waals surface area contributed by atoms with E-state index in [0.29, 0.717) is 30.5 Å². The molecule has 10 nitrogen and oxygen atoms in total. The van der Waals surface area contributed by atoms with Crippen LogP contribution in [0.15, 0.2) is 60.9 Å². The van der Waals surface area contributed by atoms with Crippen molar-refractivity contribution in [3.8, 4) is 28.7 Å². The van der Waals surface area contributed by atoms with Crippen LogP contribution in [-0.2, 0) is 7.05 Å². The Bertz CT molecular complexity index is 1260. The third-order valence-electron chi connectivity index (χ3n) is 5.85. The van der Waals surface area contributed by atoms with E-state index in [-0.39, 0.29) is 12.0 Å². The van der Waals surface area contributed by atoms with Crippen LogP contribution >= 0.6 is 0 Å². The first-order valence-electron chi connectivity index (χ1n) is 11.1. The molecule has 0 bridgehead atoms. The fraction of sp³-hybridized carbons (Fsp3) is 0.292. The second kappa shape index (κ2) is 9.34. The fourth-order valence-corrected chi connectivity index (χ4v) is 4.00. The van der Waals surface area contributed by atoms with Crippen LogP contribution in [0.5, 0.6) is 11.6 Å². The molecule has 0 radical (unpaired) electrons. The molecule has 3 aromatic heterocycles. The predicted octanol–water partition coefficient (Wildman–Crippen LogP) is 2.76. The highest BCUT2D eigenvalue weighted by Crippen LogP contribution is 2.25. The molecule has 0 N–H and O–H groups in total. The highest BCUT2D eigenvalue weighted by atomic mass is 16.5.